The van der Waals surface area contributed by atoms with E-state index in [-0.39, 0.29) is 11.5 Å². The molecule has 2 heterocycles. The zero-order valence-electron chi connectivity index (χ0n) is 16.2. The summed E-state index contributed by atoms with van der Waals surface area (Å²) in [5.74, 6) is -5.38. The lowest BCUT2D eigenvalue weighted by atomic mass is 9.93. The second kappa shape index (κ2) is 9.22. The van der Waals surface area contributed by atoms with Gasteiger partial charge in [0, 0.05) is 32.2 Å². The van der Waals surface area contributed by atoms with Gasteiger partial charge in [-0.2, -0.15) is 0 Å². The van der Waals surface area contributed by atoms with Crippen molar-refractivity contribution in [2.24, 2.45) is 5.92 Å². The van der Waals surface area contributed by atoms with Gasteiger partial charge >= 0.3 is 0 Å². The number of carbonyl (C=O) groups is 1. The predicted octanol–water partition coefficient (Wildman–Crippen LogP) is 3.06. The lowest BCUT2D eigenvalue weighted by Gasteiger charge is -2.37. The number of Topliss-reactive ketones (excluding diaryl/α,β-unsaturated/α-hetero) is 1. The largest absolute Gasteiger partial charge is 0.366 e. The van der Waals surface area contributed by atoms with Crippen LogP contribution in [0.5, 0.6) is 0 Å². The van der Waals surface area contributed by atoms with Gasteiger partial charge in [-0.1, -0.05) is 0 Å². The summed E-state index contributed by atoms with van der Waals surface area (Å²) >= 11 is 0. The molecule has 0 radical (unpaired) electrons. The number of benzene rings is 1. The summed E-state index contributed by atoms with van der Waals surface area (Å²) in [5.41, 5.74) is -0.214. The molecule has 2 aliphatic heterocycles. The molecule has 1 aromatic carbocycles. The zero-order chi connectivity index (χ0) is 20.3. The molecule has 0 aromatic heterocycles. The van der Waals surface area contributed by atoms with E-state index in [2.05, 4.69) is 9.80 Å². The van der Waals surface area contributed by atoms with Crippen LogP contribution < -0.4 is 4.90 Å². The highest BCUT2D eigenvalue weighted by atomic mass is 19.2. The Hall–Kier alpha value is -1.67. The van der Waals surface area contributed by atoms with Gasteiger partial charge in [0.2, 0.25) is 0 Å². The van der Waals surface area contributed by atoms with Gasteiger partial charge in [-0.15, -0.1) is 0 Å². The summed E-state index contributed by atoms with van der Waals surface area (Å²) in [6, 6.07) is 0.734. The van der Waals surface area contributed by atoms with Crippen LogP contribution in [0.15, 0.2) is 6.07 Å². The molecule has 3 rings (SSSR count). The first-order valence-corrected chi connectivity index (χ1v) is 9.87. The predicted molar refractivity (Wildman–Crippen MR) is 99.4 cm³/mol. The van der Waals surface area contributed by atoms with E-state index < -0.39 is 23.3 Å². The van der Waals surface area contributed by atoms with E-state index in [1.165, 1.54) is 0 Å². The van der Waals surface area contributed by atoms with Gasteiger partial charge in [-0.3, -0.25) is 14.6 Å². The Bertz CT molecular complexity index is 699. The molecule has 0 aliphatic carbocycles. The fraction of sp³-hybridized carbons (Fsp3) is 0.650. The Morgan fingerprint density at radius 3 is 2.18 bits per heavy atom. The van der Waals surface area contributed by atoms with Crippen molar-refractivity contribution in [2.45, 2.75) is 26.2 Å². The highest BCUT2D eigenvalue weighted by molar-refractivity contribution is 5.77. The van der Waals surface area contributed by atoms with E-state index in [9.17, 15) is 22.4 Å². The third kappa shape index (κ3) is 5.03. The Morgan fingerprint density at radius 2 is 1.57 bits per heavy atom. The molecule has 28 heavy (non-hydrogen) atoms. The molecule has 0 saturated carbocycles. The summed E-state index contributed by atoms with van der Waals surface area (Å²) in [6.07, 6.45) is 3.25. The SMILES string of the molecule is CC(=O)CN1CCC(CCN2CCN(c3cc(F)c(F)c(F)c3F)CC2)CC1. The Labute approximate surface area is 163 Å². The maximum atomic E-state index is 14.0. The van der Waals surface area contributed by atoms with Gasteiger partial charge in [0.15, 0.2) is 23.3 Å². The van der Waals surface area contributed by atoms with Gasteiger partial charge in [-0.05, 0) is 51.7 Å². The molecule has 8 heteroatoms. The summed E-state index contributed by atoms with van der Waals surface area (Å²) in [7, 11) is 0. The van der Waals surface area contributed by atoms with Crippen LogP contribution in [0.2, 0.25) is 0 Å². The molecular weight excluding hydrogens is 374 g/mol. The molecule has 2 saturated heterocycles. The van der Waals surface area contributed by atoms with E-state index in [0.717, 1.165) is 45.0 Å². The fourth-order valence-corrected chi connectivity index (χ4v) is 4.12. The average molecular weight is 401 g/mol. The first-order valence-electron chi connectivity index (χ1n) is 9.87. The fourth-order valence-electron chi connectivity index (χ4n) is 4.12. The highest BCUT2D eigenvalue weighted by Crippen LogP contribution is 2.27. The summed E-state index contributed by atoms with van der Waals surface area (Å²) in [5, 5.41) is 0. The molecule has 0 unspecified atom stereocenters. The number of carbonyl (C=O) groups excluding carboxylic acids is 1. The van der Waals surface area contributed by atoms with Crippen LogP contribution in [0, 0.1) is 29.2 Å². The van der Waals surface area contributed by atoms with Gasteiger partial charge in [0.1, 0.15) is 5.78 Å². The van der Waals surface area contributed by atoms with Crippen molar-refractivity contribution < 1.29 is 22.4 Å². The van der Waals surface area contributed by atoms with E-state index in [1.807, 2.05) is 0 Å². The van der Waals surface area contributed by atoms with Crippen LogP contribution in [0.3, 0.4) is 0 Å². The van der Waals surface area contributed by atoms with Crippen LogP contribution in [0.4, 0.5) is 23.2 Å². The normalized spacial score (nSPS) is 20.0. The average Bonchev–Trinajstić information content (AvgIpc) is 2.69. The molecule has 0 bridgehead atoms. The highest BCUT2D eigenvalue weighted by Gasteiger charge is 2.26. The van der Waals surface area contributed by atoms with Crippen LogP contribution in [-0.4, -0.2) is 67.9 Å². The van der Waals surface area contributed by atoms with Crippen molar-refractivity contribution in [1.29, 1.82) is 0 Å². The molecule has 2 aliphatic rings. The quantitative estimate of drug-likeness (QED) is 0.416. The number of ketones is 1. The Balaban J connectivity index is 1.44. The molecule has 2 fully saturated rings. The maximum absolute atomic E-state index is 14.0. The number of nitrogens with zero attached hydrogens (tertiary/aromatic N) is 3. The molecule has 1 aromatic rings. The van der Waals surface area contributed by atoms with Gasteiger partial charge in [0.05, 0.1) is 12.2 Å². The number of rotatable bonds is 6. The molecule has 0 amide bonds. The topological polar surface area (TPSA) is 26.8 Å². The van der Waals surface area contributed by atoms with E-state index in [4.69, 9.17) is 0 Å². The first kappa shape index (κ1) is 21.0. The van der Waals surface area contributed by atoms with Crippen molar-refractivity contribution in [2.75, 3.05) is 57.3 Å². The van der Waals surface area contributed by atoms with Crippen LogP contribution >= 0.6 is 0 Å². The molecule has 0 atom stereocenters. The standard InChI is InChI=1S/C20H27F4N3O/c1-14(28)13-26-6-3-15(4-7-26)2-5-25-8-10-27(11-9-25)17-12-16(21)18(22)20(24)19(17)23/h12,15H,2-11,13H2,1H3. The number of anilines is 1. The minimum absolute atomic E-state index is 0.202. The third-order valence-corrected chi connectivity index (χ3v) is 5.80. The Kier molecular flexibility index (Phi) is 6.93. The number of piperidine rings is 1. The smallest absolute Gasteiger partial charge is 0.199 e. The van der Waals surface area contributed by atoms with Crippen molar-refractivity contribution in [3.63, 3.8) is 0 Å². The van der Waals surface area contributed by atoms with Gasteiger partial charge in [-0.25, -0.2) is 17.6 Å². The number of likely N-dealkylation sites (tertiary alicyclic amines) is 1. The monoisotopic (exact) mass is 401 g/mol. The summed E-state index contributed by atoms with van der Waals surface area (Å²) < 4.78 is 54.0. The van der Waals surface area contributed by atoms with E-state index in [1.54, 1.807) is 11.8 Å². The molecular formula is C20H27F4N3O. The number of piperazine rings is 1. The molecule has 0 spiro atoms. The molecule has 4 nitrogen and oxygen atoms in total. The minimum Gasteiger partial charge on any atom is -0.366 e. The zero-order valence-corrected chi connectivity index (χ0v) is 16.2. The Morgan fingerprint density at radius 1 is 0.929 bits per heavy atom. The molecule has 0 N–H and O–H groups in total. The van der Waals surface area contributed by atoms with Gasteiger partial charge < -0.3 is 4.90 Å². The van der Waals surface area contributed by atoms with Crippen molar-refractivity contribution in [3.8, 4) is 0 Å². The van der Waals surface area contributed by atoms with E-state index in [0.29, 0.717) is 38.6 Å². The second-order valence-corrected chi connectivity index (χ2v) is 7.86. The number of hydrogen-bond acceptors (Lipinski definition) is 4. The summed E-state index contributed by atoms with van der Waals surface area (Å²) in [4.78, 5) is 17.2. The lowest BCUT2D eigenvalue weighted by molar-refractivity contribution is -0.118. The van der Waals surface area contributed by atoms with E-state index >= 15 is 0 Å². The summed E-state index contributed by atoms with van der Waals surface area (Å²) in [6.45, 7) is 7.23. The number of hydrogen-bond donors (Lipinski definition) is 0. The van der Waals surface area contributed by atoms with Crippen molar-refractivity contribution in [1.82, 2.24) is 9.80 Å². The van der Waals surface area contributed by atoms with Crippen molar-refractivity contribution >= 4 is 11.5 Å². The first-order chi connectivity index (χ1) is 13.3. The van der Waals surface area contributed by atoms with Gasteiger partial charge in [0.25, 0.3) is 0 Å². The molecule has 156 valence electrons. The van der Waals surface area contributed by atoms with Crippen LogP contribution in [0.1, 0.15) is 26.2 Å². The minimum atomic E-state index is -1.77. The maximum Gasteiger partial charge on any atom is 0.199 e. The third-order valence-electron chi connectivity index (χ3n) is 5.80. The van der Waals surface area contributed by atoms with Crippen LogP contribution in [-0.2, 0) is 4.79 Å². The second-order valence-electron chi connectivity index (χ2n) is 7.86. The van der Waals surface area contributed by atoms with Crippen molar-refractivity contribution in [3.05, 3.63) is 29.3 Å². The van der Waals surface area contributed by atoms with Crippen LogP contribution in [0.25, 0.3) is 0 Å². The number of halogens is 4. The lowest BCUT2D eigenvalue weighted by Crippen LogP contribution is -2.47.